The molecule has 0 aliphatic carbocycles. The Kier molecular flexibility index (Phi) is 1.10. The molecule has 1 aliphatic rings. The average Bonchev–Trinajstić information content (AvgIpc) is 2.05. The minimum absolute atomic E-state index is 0.650. The zero-order valence-corrected chi connectivity index (χ0v) is 5.06. The predicted octanol–water partition coefficient (Wildman–Crippen LogP) is 0.733. The number of aromatic nitrogens is 2. The van der Waals surface area contributed by atoms with Crippen LogP contribution in [0.3, 0.4) is 0 Å². The van der Waals surface area contributed by atoms with Gasteiger partial charge in [0, 0.05) is 6.21 Å². The summed E-state index contributed by atoms with van der Waals surface area (Å²) in [6.07, 6.45) is 4.66. The van der Waals surface area contributed by atoms with E-state index in [1.165, 1.54) is 12.8 Å². The Morgan fingerprint density at radius 3 is 3.00 bits per heavy atom. The molecule has 0 unspecified atom stereocenters. The summed E-state index contributed by atoms with van der Waals surface area (Å²) in [6, 6.07) is 0. The van der Waals surface area contributed by atoms with Crippen LogP contribution in [0.1, 0.15) is 0 Å². The second-order valence-corrected chi connectivity index (χ2v) is 1.77. The van der Waals surface area contributed by atoms with Crippen molar-refractivity contribution < 1.29 is 4.74 Å². The van der Waals surface area contributed by atoms with Crippen molar-refractivity contribution in [3.05, 3.63) is 19.0 Å². The van der Waals surface area contributed by atoms with Crippen LogP contribution in [0.15, 0.2) is 17.4 Å². The molecule has 1 aromatic rings. The lowest BCUT2D eigenvalue weighted by Gasteiger charge is -2.07. The van der Waals surface area contributed by atoms with E-state index in [2.05, 4.69) is 15.2 Å². The molecule has 0 bridgehead atoms. The van der Waals surface area contributed by atoms with Gasteiger partial charge in [0.15, 0.2) is 12.4 Å². The Bertz CT molecular complexity index is 271. The van der Waals surface area contributed by atoms with Crippen LogP contribution in [0.4, 0.5) is 5.69 Å². The molecule has 2 rings (SSSR count). The monoisotopic (exact) mass is 134 g/mol. The smallest absolute Gasteiger partial charge is 0.176 e. The summed E-state index contributed by atoms with van der Waals surface area (Å²) in [5.41, 5.74) is 0.720. The van der Waals surface area contributed by atoms with E-state index in [1.54, 1.807) is 12.4 Å². The van der Waals surface area contributed by atoms with Crippen LogP contribution in [0.25, 0.3) is 0 Å². The van der Waals surface area contributed by atoms with E-state index in [-0.39, 0.29) is 0 Å². The van der Waals surface area contributed by atoms with Gasteiger partial charge >= 0.3 is 0 Å². The fraction of sp³-hybridized carbons (Fsp3) is 0. The van der Waals surface area contributed by atoms with Gasteiger partial charge in [-0.2, -0.15) is 10.2 Å². The van der Waals surface area contributed by atoms with Gasteiger partial charge in [-0.15, -0.1) is 0 Å². The maximum atomic E-state index is 5.05. The molecule has 4 nitrogen and oxygen atoms in total. The number of hydrogen-bond acceptors (Lipinski definition) is 4. The van der Waals surface area contributed by atoms with Gasteiger partial charge in [0.1, 0.15) is 5.69 Å². The molecule has 49 valence electrons. The largest absolute Gasteiger partial charge is 0.476 e. The van der Waals surface area contributed by atoms with Crippen molar-refractivity contribution in [1.29, 1.82) is 0 Å². The number of rotatable bonds is 0. The summed E-state index contributed by atoms with van der Waals surface area (Å²) in [7, 11) is 0. The SMILES string of the molecule is [CH]1C=Nc2cnncc2O1. The van der Waals surface area contributed by atoms with Crippen LogP contribution in [-0.2, 0) is 0 Å². The summed E-state index contributed by atoms with van der Waals surface area (Å²) in [4.78, 5) is 3.98. The van der Waals surface area contributed by atoms with Gasteiger partial charge in [-0.3, -0.25) is 4.99 Å². The van der Waals surface area contributed by atoms with E-state index in [9.17, 15) is 0 Å². The molecule has 4 heteroatoms. The lowest BCUT2D eigenvalue weighted by molar-refractivity contribution is 0.440. The number of ether oxygens (including phenoxy) is 1. The molecule has 0 atom stereocenters. The first-order chi connectivity index (χ1) is 4.97. The molecule has 10 heavy (non-hydrogen) atoms. The molecule has 0 fully saturated rings. The maximum absolute atomic E-state index is 5.05. The van der Waals surface area contributed by atoms with E-state index < -0.39 is 0 Å². The minimum atomic E-state index is 0.650. The van der Waals surface area contributed by atoms with Gasteiger partial charge in [0.25, 0.3) is 0 Å². The predicted molar refractivity (Wildman–Crippen MR) is 35.1 cm³/mol. The van der Waals surface area contributed by atoms with Gasteiger partial charge in [-0.05, 0) is 0 Å². The first-order valence-corrected chi connectivity index (χ1v) is 2.80. The Balaban J connectivity index is 2.54. The number of aliphatic imine (C=N–C) groups is 1. The number of nitrogens with zero attached hydrogens (tertiary/aromatic N) is 3. The van der Waals surface area contributed by atoms with Crippen molar-refractivity contribution in [2.24, 2.45) is 4.99 Å². The summed E-state index contributed by atoms with van der Waals surface area (Å²) in [5, 5.41) is 7.27. The zero-order valence-electron chi connectivity index (χ0n) is 5.06. The Morgan fingerprint density at radius 2 is 2.10 bits per heavy atom. The molecule has 0 saturated heterocycles. The highest BCUT2D eigenvalue weighted by molar-refractivity contribution is 5.74. The van der Waals surface area contributed by atoms with E-state index in [0.29, 0.717) is 5.75 Å². The Morgan fingerprint density at radius 1 is 1.20 bits per heavy atom. The Labute approximate surface area is 57.6 Å². The minimum Gasteiger partial charge on any atom is -0.476 e. The third kappa shape index (κ3) is 0.737. The summed E-state index contributed by atoms with van der Waals surface area (Å²) < 4.78 is 5.05. The fourth-order valence-corrected chi connectivity index (χ4v) is 0.706. The molecule has 0 amide bonds. The van der Waals surface area contributed by atoms with Crippen LogP contribution in [0.2, 0.25) is 0 Å². The second-order valence-electron chi connectivity index (χ2n) is 1.77. The van der Waals surface area contributed by atoms with Crippen molar-refractivity contribution in [2.45, 2.75) is 0 Å². The highest BCUT2D eigenvalue weighted by atomic mass is 16.5. The number of hydrogen-bond donors (Lipinski definition) is 0. The van der Waals surface area contributed by atoms with Gasteiger partial charge in [0.05, 0.1) is 12.4 Å². The van der Waals surface area contributed by atoms with Crippen molar-refractivity contribution in [3.63, 3.8) is 0 Å². The van der Waals surface area contributed by atoms with Crippen LogP contribution in [-0.4, -0.2) is 16.4 Å². The lowest BCUT2D eigenvalue weighted by atomic mass is 10.4. The van der Waals surface area contributed by atoms with Gasteiger partial charge in [-0.25, -0.2) is 0 Å². The first kappa shape index (κ1) is 5.34. The van der Waals surface area contributed by atoms with E-state index in [4.69, 9.17) is 4.74 Å². The van der Waals surface area contributed by atoms with E-state index >= 15 is 0 Å². The molecule has 2 heterocycles. The van der Waals surface area contributed by atoms with Crippen molar-refractivity contribution in [2.75, 3.05) is 0 Å². The molecule has 0 aromatic carbocycles. The van der Waals surface area contributed by atoms with Gasteiger partial charge in [-0.1, -0.05) is 0 Å². The molecule has 1 radical (unpaired) electrons. The lowest BCUT2D eigenvalue weighted by Crippen LogP contribution is -1.97. The van der Waals surface area contributed by atoms with Crippen molar-refractivity contribution in [3.8, 4) is 5.75 Å². The van der Waals surface area contributed by atoms with Crippen LogP contribution >= 0.6 is 0 Å². The normalized spacial score (nSPS) is 14.0. The highest BCUT2D eigenvalue weighted by Crippen LogP contribution is 2.26. The quantitative estimate of drug-likeness (QED) is 0.525. The summed E-state index contributed by atoms with van der Waals surface area (Å²) >= 11 is 0. The standard InChI is InChI=1S/C6H4N3O/c1-2-10-6-4-9-8-3-5(6)7-1/h1-4H. The zero-order chi connectivity index (χ0) is 6.81. The highest BCUT2D eigenvalue weighted by Gasteiger charge is 2.05. The van der Waals surface area contributed by atoms with E-state index in [1.807, 2.05) is 0 Å². The van der Waals surface area contributed by atoms with Gasteiger partial charge in [0.2, 0.25) is 0 Å². The molecule has 0 spiro atoms. The van der Waals surface area contributed by atoms with Crippen molar-refractivity contribution >= 4 is 11.9 Å². The maximum Gasteiger partial charge on any atom is 0.176 e. The molecule has 1 aliphatic heterocycles. The molecule has 0 N–H and O–H groups in total. The third-order valence-electron chi connectivity index (χ3n) is 1.14. The number of fused-ring (bicyclic) bond motifs is 1. The van der Waals surface area contributed by atoms with Gasteiger partial charge < -0.3 is 4.74 Å². The Hall–Kier alpha value is -1.45. The summed E-state index contributed by atoms with van der Waals surface area (Å²) in [6.45, 7) is 1.50. The van der Waals surface area contributed by atoms with E-state index in [0.717, 1.165) is 5.69 Å². The third-order valence-corrected chi connectivity index (χ3v) is 1.14. The first-order valence-electron chi connectivity index (χ1n) is 2.80. The topological polar surface area (TPSA) is 47.4 Å². The summed E-state index contributed by atoms with van der Waals surface area (Å²) in [5.74, 6) is 0.650. The molecular formula is C6H4N3O. The van der Waals surface area contributed by atoms with Crippen LogP contribution < -0.4 is 4.74 Å². The molecular weight excluding hydrogens is 130 g/mol. The molecule has 1 aromatic heterocycles. The van der Waals surface area contributed by atoms with Crippen LogP contribution in [0.5, 0.6) is 5.75 Å². The average molecular weight is 134 g/mol. The van der Waals surface area contributed by atoms with Crippen LogP contribution in [0, 0.1) is 6.61 Å². The second kappa shape index (κ2) is 2.06. The molecule has 0 saturated carbocycles. The van der Waals surface area contributed by atoms with Crippen molar-refractivity contribution in [1.82, 2.24) is 10.2 Å². The fourth-order valence-electron chi connectivity index (χ4n) is 0.706.